The lowest BCUT2D eigenvalue weighted by Gasteiger charge is -2.13. The molecule has 0 saturated carbocycles. The molecule has 0 saturated heterocycles. The SMILES string of the molecule is CCCCCNS(=O)(=O)c1cccc(C(=O)Nc2c(C)cccc2CC)c1. The molecule has 0 aromatic heterocycles. The molecule has 2 N–H and O–H groups in total. The second-order valence-electron chi connectivity index (χ2n) is 6.55. The summed E-state index contributed by atoms with van der Waals surface area (Å²) in [5.41, 5.74) is 3.13. The molecule has 2 aromatic carbocycles. The third kappa shape index (κ3) is 5.65. The van der Waals surface area contributed by atoms with Gasteiger partial charge in [0.05, 0.1) is 4.90 Å². The van der Waals surface area contributed by atoms with Crippen LogP contribution in [0.5, 0.6) is 0 Å². The molecule has 0 fully saturated rings. The highest BCUT2D eigenvalue weighted by Gasteiger charge is 2.17. The minimum Gasteiger partial charge on any atom is -0.321 e. The van der Waals surface area contributed by atoms with Crippen molar-refractivity contribution < 1.29 is 13.2 Å². The fraction of sp³-hybridized carbons (Fsp3) is 0.381. The highest BCUT2D eigenvalue weighted by Crippen LogP contribution is 2.22. The molecule has 0 heterocycles. The largest absolute Gasteiger partial charge is 0.321 e. The van der Waals surface area contributed by atoms with Gasteiger partial charge in [-0.3, -0.25) is 4.79 Å². The third-order valence-electron chi connectivity index (χ3n) is 4.46. The van der Waals surface area contributed by atoms with Gasteiger partial charge in [0.25, 0.3) is 5.91 Å². The van der Waals surface area contributed by atoms with Crippen LogP contribution in [0.2, 0.25) is 0 Å². The molecule has 146 valence electrons. The Labute approximate surface area is 162 Å². The van der Waals surface area contributed by atoms with E-state index in [4.69, 9.17) is 0 Å². The van der Waals surface area contributed by atoms with Crippen molar-refractivity contribution in [1.82, 2.24) is 4.72 Å². The van der Waals surface area contributed by atoms with E-state index in [0.717, 1.165) is 42.5 Å². The zero-order chi connectivity index (χ0) is 19.9. The van der Waals surface area contributed by atoms with E-state index >= 15 is 0 Å². The maximum Gasteiger partial charge on any atom is 0.255 e. The molecular formula is C21H28N2O3S. The maximum atomic E-state index is 12.7. The highest BCUT2D eigenvalue weighted by molar-refractivity contribution is 7.89. The van der Waals surface area contributed by atoms with Crippen molar-refractivity contribution in [3.05, 3.63) is 59.2 Å². The minimum absolute atomic E-state index is 0.104. The van der Waals surface area contributed by atoms with Crippen LogP contribution in [-0.2, 0) is 16.4 Å². The molecule has 6 heteroatoms. The number of unbranched alkanes of at least 4 members (excludes halogenated alkanes) is 2. The van der Waals surface area contributed by atoms with Crippen LogP contribution in [0.25, 0.3) is 0 Å². The van der Waals surface area contributed by atoms with Crippen molar-refractivity contribution in [2.24, 2.45) is 0 Å². The molecule has 0 aliphatic rings. The molecule has 27 heavy (non-hydrogen) atoms. The first-order chi connectivity index (χ1) is 12.9. The zero-order valence-electron chi connectivity index (χ0n) is 16.2. The lowest BCUT2D eigenvalue weighted by Crippen LogP contribution is -2.25. The average Bonchev–Trinajstić information content (AvgIpc) is 2.67. The van der Waals surface area contributed by atoms with E-state index in [1.165, 1.54) is 12.1 Å². The van der Waals surface area contributed by atoms with Gasteiger partial charge in [0.1, 0.15) is 0 Å². The molecule has 0 atom stereocenters. The van der Waals surface area contributed by atoms with E-state index in [0.29, 0.717) is 12.1 Å². The summed E-state index contributed by atoms with van der Waals surface area (Å²) in [4.78, 5) is 12.8. The first kappa shape index (κ1) is 21.1. The number of amides is 1. The quantitative estimate of drug-likeness (QED) is 0.630. The molecule has 1 amide bonds. The average molecular weight is 389 g/mol. The lowest BCUT2D eigenvalue weighted by atomic mass is 10.1. The fourth-order valence-corrected chi connectivity index (χ4v) is 3.98. The molecule has 0 unspecified atom stereocenters. The van der Waals surface area contributed by atoms with Gasteiger partial charge in [-0.2, -0.15) is 0 Å². The number of nitrogens with one attached hydrogen (secondary N) is 2. The molecular weight excluding hydrogens is 360 g/mol. The molecule has 2 aromatic rings. The molecule has 0 bridgehead atoms. The van der Waals surface area contributed by atoms with Gasteiger partial charge in [-0.1, -0.05) is 51.0 Å². The van der Waals surface area contributed by atoms with Crippen molar-refractivity contribution in [2.75, 3.05) is 11.9 Å². The molecule has 2 rings (SSSR count). The number of hydrogen-bond acceptors (Lipinski definition) is 3. The van der Waals surface area contributed by atoms with Crippen LogP contribution in [-0.4, -0.2) is 20.9 Å². The fourth-order valence-electron chi connectivity index (χ4n) is 2.86. The van der Waals surface area contributed by atoms with Crippen molar-refractivity contribution in [3.8, 4) is 0 Å². The summed E-state index contributed by atoms with van der Waals surface area (Å²) in [7, 11) is -3.62. The summed E-state index contributed by atoms with van der Waals surface area (Å²) in [6.45, 7) is 6.43. The van der Waals surface area contributed by atoms with Crippen molar-refractivity contribution in [1.29, 1.82) is 0 Å². The van der Waals surface area contributed by atoms with Gasteiger partial charge in [-0.05, 0) is 49.1 Å². The van der Waals surface area contributed by atoms with E-state index in [1.807, 2.05) is 32.0 Å². The van der Waals surface area contributed by atoms with E-state index in [1.54, 1.807) is 12.1 Å². The van der Waals surface area contributed by atoms with E-state index in [2.05, 4.69) is 17.0 Å². The molecule has 5 nitrogen and oxygen atoms in total. The van der Waals surface area contributed by atoms with Gasteiger partial charge in [0, 0.05) is 17.8 Å². The Morgan fingerprint density at radius 2 is 1.78 bits per heavy atom. The van der Waals surface area contributed by atoms with Crippen molar-refractivity contribution in [2.45, 2.75) is 51.3 Å². The van der Waals surface area contributed by atoms with E-state index < -0.39 is 10.0 Å². The maximum absolute atomic E-state index is 12.7. The number of hydrogen-bond donors (Lipinski definition) is 2. The molecule has 0 radical (unpaired) electrons. The molecule has 0 aliphatic heterocycles. The van der Waals surface area contributed by atoms with Gasteiger partial charge in [-0.25, -0.2) is 13.1 Å². The van der Waals surface area contributed by atoms with Crippen LogP contribution in [0, 0.1) is 6.92 Å². The Balaban J connectivity index is 2.18. The third-order valence-corrected chi connectivity index (χ3v) is 5.92. The van der Waals surface area contributed by atoms with Gasteiger partial charge in [0.15, 0.2) is 0 Å². The normalized spacial score (nSPS) is 11.4. The Kier molecular flexibility index (Phi) is 7.56. The standard InChI is InChI=1S/C21H28N2O3S/c1-4-6-7-14-22-27(25,26)19-13-9-12-18(15-19)21(24)23-20-16(3)10-8-11-17(20)5-2/h8-13,15,22H,4-7,14H2,1-3H3,(H,23,24). The smallest absolute Gasteiger partial charge is 0.255 e. The zero-order valence-corrected chi connectivity index (χ0v) is 17.0. The van der Waals surface area contributed by atoms with Gasteiger partial charge in [-0.15, -0.1) is 0 Å². The number of aryl methyl sites for hydroxylation is 2. The van der Waals surface area contributed by atoms with Crippen LogP contribution in [0.1, 0.15) is 54.6 Å². The van der Waals surface area contributed by atoms with Gasteiger partial charge < -0.3 is 5.32 Å². The number of para-hydroxylation sites is 1. The van der Waals surface area contributed by atoms with Crippen LogP contribution in [0.3, 0.4) is 0 Å². The van der Waals surface area contributed by atoms with E-state index in [-0.39, 0.29) is 10.8 Å². The monoisotopic (exact) mass is 388 g/mol. The molecule has 0 aliphatic carbocycles. The first-order valence-corrected chi connectivity index (χ1v) is 10.9. The predicted molar refractivity (Wildman–Crippen MR) is 110 cm³/mol. The Bertz CT molecular complexity index is 892. The Morgan fingerprint density at radius 1 is 1.04 bits per heavy atom. The lowest BCUT2D eigenvalue weighted by molar-refractivity contribution is 0.102. The van der Waals surface area contributed by atoms with Gasteiger partial charge in [0.2, 0.25) is 10.0 Å². The summed E-state index contributed by atoms with van der Waals surface area (Å²) < 4.78 is 27.5. The molecule has 0 spiro atoms. The van der Waals surface area contributed by atoms with Crippen LogP contribution in [0.4, 0.5) is 5.69 Å². The number of rotatable bonds is 9. The predicted octanol–water partition coefficient (Wildman–Crippen LogP) is 4.28. The highest BCUT2D eigenvalue weighted by atomic mass is 32.2. The van der Waals surface area contributed by atoms with Crippen LogP contribution < -0.4 is 10.0 Å². The summed E-state index contributed by atoms with van der Waals surface area (Å²) in [6.07, 6.45) is 3.59. The number of carbonyl (C=O) groups is 1. The van der Waals surface area contributed by atoms with E-state index in [9.17, 15) is 13.2 Å². The minimum atomic E-state index is -3.62. The number of carbonyl (C=O) groups excluding carboxylic acids is 1. The number of anilines is 1. The summed E-state index contributed by atoms with van der Waals surface area (Å²) >= 11 is 0. The topological polar surface area (TPSA) is 75.3 Å². The number of benzene rings is 2. The number of sulfonamides is 1. The van der Waals surface area contributed by atoms with Gasteiger partial charge >= 0.3 is 0 Å². The Hall–Kier alpha value is -2.18. The second kappa shape index (κ2) is 9.67. The summed E-state index contributed by atoms with van der Waals surface area (Å²) in [5, 5.41) is 2.93. The Morgan fingerprint density at radius 3 is 2.48 bits per heavy atom. The van der Waals surface area contributed by atoms with Crippen LogP contribution >= 0.6 is 0 Å². The summed E-state index contributed by atoms with van der Waals surface area (Å²) in [6, 6.07) is 12.0. The first-order valence-electron chi connectivity index (χ1n) is 9.38. The second-order valence-corrected chi connectivity index (χ2v) is 8.32. The van der Waals surface area contributed by atoms with Crippen molar-refractivity contribution >= 4 is 21.6 Å². The van der Waals surface area contributed by atoms with Crippen LogP contribution in [0.15, 0.2) is 47.4 Å². The summed E-state index contributed by atoms with van der Waals surface area (Å²) in [5.74, 6) is -0.318. The van der Waals surface area contributed by atoms with Crippen molar-refractivity contribution in [3.63, 3.8) is 0 Å².